The smallest absolute Gasteiger partial charge is 0.157 e. The standard InChI is InChI=1S/C11H10N6/c1-8-5-15-17(6-8)11-4-10(12-7-13-11)9-2-3-14-16-9/h2-7H,1H3,(H,14,16). The van der Waals surface area contributed by atoms with Crippen molar-refractivity contribution < 1.29 is 0 Å². The number of H-pyrrole nitrogens is 1. The van der Waals surface area contributed by atoms with Crippen molar-refractivity contribution in [3.63, 3.8) is 0 Å². The van der Waals surface area contributed by atoms with Crippen LogP contribution in [0, 0.1) is 6.92 Å². The van der Waals surface area contributed by atoms with E-state index in [0.29, 0.717) is 0 Å². The van der Waals surface area contributed by atoms with E-state index in [2.05, 4.69) is 25.3 Å². The van der Waals surface area contributed by atoms with Crippen LogP contribution in [-0.2, 0) is 0 Å². The second-order valence-electron chi connectivity index (χ2n) is 3.69. The molecule has 3 rings (SSSR count). The van der Waals surface area contributed by atoms with Crippen molar-refractivity contribution in [3.05, 3.63) is 42.6 Å². The molecule has 0 saturated carbocycles. The molecule has 0 aliphatic carbocycles. The molecule has 0 atom stereocenters. The van der Waals surface area contributed by atoms with Gasteiger partial charge < -0.3 is 0 Å². The summed E-state index contributed by atoms with van der Waals surface area (Å²) in [5, 5.41) is 11.0. The molecule has 0 radical (unpaired) electrons. The molecule has 3 heterocycles. The van der Waals surface area contributed by atoms with Gasteiger partial charge >= 0.3 is 0 Å². The SMILES string of the molecule is Cc1cnn(-c2cc(-c3ccn[nH]3)ncn2)c1. The fourth-order valence-electron chi connectivity index (χ4n) is 1.56. The molecular weight excluding hydrogens is 216 g/mol. The van der Waals surface area contributed by atoms with Crippen LogP contribution in [0.1, 0.15) is 5.56 Å². The number of aryl methyl sites for hydroxylation is 1. The molecule has 0 unspecified atom stereocenters. The molecule has 84 valence electrons. The Kier molecular flexibility index (Phi) is 2.18. The van der Waals surface area contributed by atoms with E-state index in [9.17, 15) is 0 Å². The molecular formula is C11H10N6. The molecule has 3 aromatic rings. The lowest BCUT2D eigenvalue weighted by Crippen LogP contribution is -1.99. The largest absolute Gasteiger partial charge is 0.276 e. The summed E-state index contributed by atoms with van der Waals surface area (Å²) in [7, 11) is 0. The zero-order valence-electron chi connectivity index (χ0n) is 9.20. The van der Waals surface area contributed by atoms with Crippen molar-refractivity contribution in [2.75, 3.05) is 0 Å². The van der Waals surface area contributed by atoms with Crippen LogP contribution in [0.25, 0.3) is 17.2 Å². The number of hydrogen-bond donors (Lipinski definition) is 1. The highest BCUT2D eigenvalue weighted by Gasteiger charge is 2.05. The molecule has 0 spiro atoms. The molecule has 0 aliphatic rings. The van der Waals surface area contributed by atoms with Crippen molar-refractivity contribution in [2.45, 2.75) is 6.92 Å². The summed E-state index contributed by atoms with van der Waals surface area (Å²) in [6.45, 7) is 1.99. The lowest BCUT2D eigenvalue weighted by atomic mass is 10.3. The van der Waals surface area contributed by atoms with Gasteiger partial charge in [-0.3, -0.25) is 5.10 Å². The van der Waals surface area contributed by atoms with Crippen LogP contribution >= 0.6 is 0 Å². The fourth-order valence-corrected chi connectivity index (χ4v) is 1.56. The fraction of sp³-hybridized carbons (Fsp3) is 0.0909. The highest BCUT2D eigenvalue weighted by atomic mass is 15.3. The lowest BCUT2D eigenvalue weighted by molar-refractivity contribution is 0.839. The topological polar surface area (TPSA) is 72.3 Å². The summed E-state index contributed by atoms with van der Waals surface area (Å²) in [5.74, 6) is 0.734. The molecule has 6 heteroatoms. The minimum atomic E-state index is 0.734. The van der Waals surface area contributed by atoms with Crippen molar-refractivity contribution >= 4 is 0 Å². The summed E-state index contributed by atoms with van der Waals surface area (Å²) in [6, 6.07) is 3.72. The van der Waals surface area contributed by atoms with Crippen molar-refractivity contribution in [2.24, 2.45) is 0 Å². The molecule has 0 saturated heterocycles. The van der Waals surface area contributed by atoms with Crippen molar-refractivity contribution in [1.82, 2.24) is 29.9 Å². The number of nitrogens with one attached hydrogen (secondary N) is 1. The Hall–Kier alpha value is -2.50. The van der Waals surface area contributed by atoms with Crippen LogP contribution in [0.15, 0.2) is 37.1 Å². The number of rotatable bonds is 2. The van der Waals surface area contributed by atoms with Gasteiger partial charge in [0.1, 0.15) is 6.33 Å². The third-order valence-electron chi connectivity index (χ3n) is 2.38. The maximum atomic E-state index is 4.21. The first-order valence-corrected chi connectivity index (χ1v) is 5.16. The Morgan fingerprint density at radius 2 is 2.24 bits per heavy atom. The van der Waals surface area contributed by atoms with Gasteiger partial charge in [0.05, 0.1) is 17.6 Å². The number of aromatic nitrogens is 6. The molecule has 3 aromatic heterocycles. The molecule has 0 amide bonds. The maximum Gasteiger partial charge on any atom is 0.157 e. The van der Waals surface area contributed by atoms with E-state index in [1.165, 1.54) is 6.33 Å². The Labute approximate surface area is 97.4 Å². The van der Waals surface area contributed by atoms with Crippen LogP contribution in [0.5, 0.6) is 0 Å². The van der Waals surface area contributed by atoms with Gasteiger partial charge in [-0.2, -0.15) is 10.2 Å². The van der Waals surface area contributed by atoms with E-state index < -0.39 is 0 Å². The van der Waals surface area contributed by atoms with E-state index in [4.69, 9.17) is 0 Å². The second kappa shape index (κ2) is 3.82. The first-order valence-electron chi connectivity index (χ1n) is 5.16. The van der Waals surface area contributed by atoms with E-state index >= 15 is 0 Å². The molecule has 1 N–H and O–H groups in total. The zero-order chi connectivity index (χ0) is 11.7. The lowest BCUT2D eigenvalue weighted by Gasteiger charge is -2.01. The van der Waals surface area contributed by atoms with Gasteiger partial charge in [-0.25, -0.2) is 14.6 Å². The van der Waals surface area contributed by atoms with Crippen LogP contribution in [0.3, 0.4) is 0 Å². The van der Waals surface area contributed by atoms with Gasteiger partial charge in [-0.15, -0.1) is 0 Å². The monoisotopic (exact) mass is 226 g/mol. The Balaban J connectivity index is 2.05. The summed E-state index contributed by atoms with van der Waals surface area (Å²) < 4.78 is 1.72. The van der Waals surface area contributed by atoms with Gasteiger partial charge in [-0.05, 0) is 18.6 Å². The summed E-state index contributed by atoms with van der Waals surface area (Å²) in [6.07, 6.45) is 6.91. The van der Waals surface area contributed by atoms with Gasteiger partial charge in [0.25, 0.3) is 0 Å². The van der Waals surface area contributed by atoms with E-state index in [-0.39, 0.29) is 0 Å². The Morgan fingerprint density at radius 1 is 1.29 bits per heavy atom. The third-order valence-corrected chi connectivity index (χ3v) is 2.38. The second-order valence-corrected chi connectivity index (χ2v) is 3.69. The predicted octanol–water partition coefficient (Wildman–Crippen LogP) is 1.36. The van der Waals surface area contributed by atoms with Gasteiger partial charge in [0, 0.05) is 18.5 Å². The number of aromatic amines is 1. The molecule has 6 nitrogen and oxygen atoms in total. The minimum absolute atomic E-state index is 0.734. The number of hydrogen-bond acceptors (Lipinski definition) is 4. The van der Waals surface area contributed by atoms with Crippen LogP contribution in [0.2, 0.25) is 0 Å². The average molecular weight is 226 g/mol. The summed E-state index contributed by atoms with van der Waals surface area (Å²) >= 11 is 0. The van der Waals surface area contributed by atoms with E-state index in [0.717, 1.165) is 22.8 Å². The molecule has 0 aliphatic heterocycles. The Morgan fingerprint density at radius 3 is 2.94 bits per heavy atom. The van der Waals surface area contributed by atoms with Crippen LogP contribution in [-0.4, -0.2) is 29.9 Å². The highest BCUT2D eigenvalue weighted by molar-refractivity contribution is 5.54. The first kappa shape index (κ1) is 9.71. The van der Waals surface area contributed by atoms with Crippen molar-refractivity contribution in [1.29, 1.82) is 0 Å². The quantitative estimate of drug-likeness (QED) is 0.716. The molecule has 0 fully saturated rings. The molecule has 17 heavy (non-hydrogen) atoms. The first-order chi connectivity index (χ1) is 8.33. The predicted molar refractivity (Wildman–Crippen MR) is 61.5 cm³/mol. The van der Waals surface area contributed by atoms with Gasteiger partial charge in [0.2, 0.25) is 0 Å². The average Bonchev–Trinajstić information content (AvgIpc) is 3.00. The normalized spacial score (nSPS) is 10.6. The zero-order valence-corrected chi connectivity index (χ0v) is 9.20. The maximum absolute atomic E-state index is 4.21. The summed E-state index contributed by atoms with van der Waals surface area (Å²) in [5.41, 5.74) is 2.74. The third kappa shape index (κ3) is 1.80. The highest BCUT2D eigenvalue weighted by Crippen LogP contribution is 2.14. The van der Waals surface area contributed by atoms with Gasteiger partial charge in [-0.1, -0.05) is 0 Å². The van der Waals surface area contributed by atoms with E-state index in [1.54, 1.807) is 17.1 Å². The Bertz CT molecular complexity index is 625. The van der Waals surface area contributed by atoms with Crippen LogP contribution < -0.4 is 0 Å². The number of nitrogens with zero attached hydrogens (tertiary/aromatic N) is 5. The molecule has 0 bridgehead atoms. The van der Waals surface area contributed by atoms with E-state index in [1.807, 2.05) is 25.3 Å². The van der Waals surface area contributed by atoms with Crippen LogP contribution in [0.4, 0.5) is 0 Å². The minimum Gasteiger partial charge on any atom is -0.276 e. The molecule has 0 aromatic carbocycles. The van der Waals surface area contributed by atoms with Crippen molar-refractivity contribution in [3.8, 4) is 17.2 Å². The van der Waals surface area contributed by atoms with Gasteiger partial charge in [0.15, 0.2) is 5.82 Å². The summed E-state index contributed by atoms with van der Waals surface area (Å²) in [4.78, 5) is 8.38.